The fourth-order valence-electron chi connectivity index (χ4n) is 8.05. The van der Waals surface area contributed by atoms with Crippen LogP contribution in [0.1, 0.15) is 120 Å². The van der Waals surface area contributed by atoms with Crippen molar-refractivity contribution in [2.45, 2.75) is 110 Å². The zero-order chi connectivity index (χ0) is 30.6. The Hall–Kier alpha value is -3.65. The SMILES string of the molecule is CCCCCCCCCCCCCCCCCCOC(=O)c1cc2ccc3ccc4ccc5ccc6ccc1c1c6c5c4c3c21. The lowest BCUT2D eigenvalue weighted by atomic mass is 9.82. The van der Waals surface area contributed by atoms with Crippen molar-refractivity contribution >= 4 is 70.6 Å². The summed E-state index contributed by atoms with van der Waals surface area (Å²) in [6.45, 7) is 2.78. The molecule has 0 heterocycles. The van der Waals surface area contributed by atoms with E-state index in [1.807, 2.05) is 0 Å². The number of rotatable bonds is 18. The van der Waals surface area contributed by atoms with Gasteiger partial charge in [0.05, 0.1) is 12.2 Å². The van der Waals surface area contributed by atoms with Crippen molar-refractivity contribution in [2.75, 3.05) is 6.61 Å². The van der Waals surface area contributed by atoms with E-state index >= 15 is 0 Å². The molecule has 0 saturated heterocycles. The highest BCUT2D eigenvalue weighted by Crippen LogP contribution is 2.48. The summed E-state index contributed by atoms with van der Waals surface area (Å²) in [4.78, 5) is 13.6. The van der Waals surface area contributed by atoms with Gasteiger partial charge < -0.3 is 4.74 Å². The first-order chi connectivity index (χ1) is 22.3. The third-order valence-electron chi connectivity index (χ3n) is 10.5. The number of carbonyl (C=O) groups excluding carboxylic acids is 1. The van der Waals surface area contributed by atoms with Crippen molar-refractivity contribution < 1.29 is 9.53 Å². The first-order valence-corrected chi connectivity index (χ1v) is 18.0. The minimum atomic E-state index is -0.193. The Labute approximate surface area is 268 Å². The molecule has 7 aromatic carbocycles. The van der Waals surface area contributed by atoms with Crippen LogP contribution in [0.5, 0.6) is 0 Å². The minimum Gasteiger partial charge on any atom is -0.462 e. The molecule has 0 radical (unpaired) electrons. The second-order valence-electron chi connectivity index (χ2n) is 13.6. The normalized spacial score (nSPS) is 12.4. The lowest BCUT2D eigenvalue weighted by Gasteiger charge is -2.21. The molecule has 0 spiro atoms. The van der Waals surface area contributed by atoms with Gasteiger partial charge in [-0.1, -0.05) is 164 Å². The Morgan fingerprint density at radius 2 is 0.800 bits per heavy atom. The lowest BCUT2D eigenvalue weighted by Crippen LogP contribution is -2.08. The van der Waals surface area contributed by atoms with E-state index in [0.717, 1.165) is 23.6 Å². The van der Waals surface area contributed by atoms with E-state index in [4.69, 9.17) is 4.74 Å². The number of hydrogen-bond acceptors (Lipinski definition) is 2. The number of benzene rings is 7. The average Bonchev–Trinajstić information content (AvgIpc) is 3.07. The lowest BCUT2D eigenvalue weighted by molar-refractivity contribution is 0.0500. The Morgan fingerprint density at radius 1 is 0.444 bits per heavy atom. The van der Waals surface area contributed by atoms with Gasteiger partial charge in [-0.2, -0.15) is 0 Å². The Bertz CT molecular complexity index is 1940. The first-order valence-electron chi connectivity index (χ1n) is 18.0. The van der Waals surface area contributed by atoms with Gasteiger partial charge in [0.15, 0.2) is 0 Å². The molecule has 0 saturated carbocycles. The summed E-state index contributed by atoms with van der Waals surface area (Å²) in [6, 6.07) is 24.2. The van der Waals surface area contributed by atoms with Crippen LogP contribution >= 0.6 is 0 Å². The van der Waals surface area contributed by atoms with Crippen LogP contribution in [0.25, 0.3) is 64.6 Å². The monoisotopic (exact) mass is 596 g/mol. The van der Waals surface area contributed by atoms with Crippen molar-refractivity contribution in [2.24, 2.45) is 0 Å². The van der Waals surface area contributed by atoms with Crippen molar-refractivity contribution in [1.82, 2.24) is 0 Å². The quantitative estimate of drug-likeness (QED) is 0.0426. The van der Waals surface area contributed by atoms with Crippen LogP contribution in [-0.2, 0) is 4.74 Å². The Morgan fingerprint density at radius 3 is 1.27 bits per heavy atom. The van der Waals surface area contributed by atoms with E-state index in [0.29, 0.717) is 12.2 Å². The number of unbranched alkanes of at least 4 members (excludes halogenated alkanes) is 15. The molecule has 0 atom stereocenters. The minimum absolute atomic E-state index is 0.193. The Balaban J connectivity index is 0.939. The fraction of sp³-hybridized carbons (Fsp3) is 0.419. The summed E-state index contributed by atoms with van der Waals surface area (Å²) in [7, 11) is 0. The summed E-state index contributed by atoms with van der Waals surface area (Å²) < 4.78 is 5.92. The topological polar surface area (TPSA) is 26.3 Å². The van der Waals surface area contributed by atoms with Gasteiger partial charge in [0.1, 0.15) is 0 Å². The van der Waals surface area contributed by atoms with E-state index in [1.165, 1.54) is 144 Å². The molecule has 0 unspecified atom stereocenters. The first kappa shape index (κ1) is 30.0. The van der Waals surface area contributed by atoms with Gasteiger partial charge in [-0.3, -0.25) is 0 Å². The average molecular weight is 597 g/mol. The highest BCUT2D eigenvalue weighted by molar-refractivity contribution is 6.45. The van der Waals surface area contributed by atoms with Crippen LogP contribution < -0.4 is 0 Å². The second-order valence-corrected chi connectivity index (χ2v) is 13.6. The molecule has 7 rings (SSSR count). The van der Waals surface area contributed by atoms with Crippen LogP contribution in [0.4, 0.5) is 0 Å². The van der Waals surface area contributed by atoms with Crippen LogP contribution in [0.2, 0.25) is 0 Å². The Kier molecular flexibility index (Phi) is 9.19. The predicted octanol–water partition coefficient (Wildman–Crippen LogP) is 13.3. The van der Waals surface area contributed by atoms with Gasteiger partial charge in [-0.25, -0.2) is 4.79 Å². The third kappa shape index (κ3) is 5.89. The second kappa shape index (κ2) is 13.8. The van der Waals surface area contributed by atoms with Crippen molar-refractivity contribution in [3.8, 4) is 0 Å². The highest BCUT2D eigenvalue weighted by Gasteiger charge is 2.23. The smallest absolute Gasteiger partial charge is 0.338 e. The molecule has 0 fully saturated rings. The molecular weight excluding hydrogens is 548 g/mol. The molecule has 2 nitrogen and oxygen atoms in total. The number of carbonyl (C=O) groups is 1. The summed E-state index contributed by atoms with van der Waals surface area (Å²) in [5.74, 6) is -0.193. The fourth-order valence-corrected chi connectivity index (χ4v) is 8.05. The van der Waals surface area contributed by atoms with Crippen LogP contribution in [0.15, 0.2) is 66.7 Å². The molecule has 0 bridgehead atoms. The molecular formula is C43H48O2. The standard InChI is InChI=1S/C43H48O2/c1-2-3-4-5-6-7-8-9-10-11-12-13-14-15-16-17-28-45-43(44)36-29-34-25-24-32-21-19-30-18-20-31-22-23-33-26-27-35(36)42-40(33)38(31)37(30)39(32)41(34)42/h18-27,29H,2-17,28H2,1H3. The number of esters is 1. The largest absolute Gasteiger partial charge is 0.462 e. The zero-order valence-electron chi connectivity index (χ0n) is 27.2. The maximum absolute atomic E-state index is 13.6. The van der Waals surface area contributed by atoms with E-state index in [9.17, 15) is 4.79 Å². The van der Waals surface area contributed by atoms with Crippen molar-refractivity contribution in [3.05, 3.63) is 72.3 Å². The van der Waals surface area contributed by atoms with Crippen LogP contribution in [0, 0.1) is 0 Å². The van der Waals surface area contributed by atoms with E-state index in [1.54, 1.807) is 0 Å². The van der Waals surface area contributed by atoms with Gasteiger partial charge in [0.2, 0.25) is 0 Å². The van der Waals surface area contributed by atoms with Crippen LogP contribution in [-0.4, -0.2) is 12.6 Å². The molecule has 0 N–H and O–H groups in total. The molecule has 0 amide bonds. The van der Waals surface area contributed by atoms with Crippen molar-refractivity contribution in [3.63, 3.8) is 0 Å². The summed E-state index contributed by atoms with van der Waals surface area (Å²) >= 11 is 0. The van der Waals surface area contributed by atoms with Gasteiger partial charge in [0.25, 0.3) is 0 Å². The molecule has 0 aromatic heterocycles. The van der Waals surface area contributed by atoms with Gasteiger partial charge in [-0.05, 0) is 77.1 Å². The maximum Gasteiger partial charge on any atom is 0.338 e. The molecule has 7 aromatic rings. The van der Waals surface area contributed by atoms with Gasteiger partial charge in [0, 0.05) is 0 Å². The predicted molar refractivity (Wildman–Crippen MR) is 195 cm³/mol. The molecule has 0 aliphatic rings. The summed E-state index contributed by atoms with van der Waals surface area (Å²) in [6.07, 6.45) is 21.4. The highest BCUT2D eigenvalue weighted by atomic mass is 16.5. The molecule has 45 heavy (non-hydrogen) atoms. The number of hydrogen-bond donors (Lipinski definition) is 0. The zero-order valence-corrected chi connectivity index (χ0v) is 27.2. The summed E-state index contributed by atoms with van der Waals surface area (Å²) in [5.41, 5.74) is 0.693. The molecule has 0 aliphatic carbocycles. The van der Waals surface area contributed by atoms with Crippen LogP contribution in [0.3, 0.4) is 0 Å². The molecule has 2 heteroatoms. The molecule has 232 valence electrons. The van der Waals surface area contributed by atoms with Crippen molar-refractivity contribution in [1.29, 1.82) is 0 Å². The van der Waals surface area contributed by atoms with Gasteiger partial charge >= 0.3 is 5.97 Å². The maximum atomic E-state index is 13.6. The summed E-state index contributed by atoms with van der Waals surface area (Å²) in [5, 5.41) is 14.9. The van der Waals surface area contributed by atoms with E-state index in [2.05, 4.69) is 73.7 Å². The van der Waals surface area contributed by atoms with Gasteiger partial charge in [-0.15, -0.1) is 0 Å². The third-order valence-corrected chi connectivity index (χ3v) is 10.5. The van der Waals surface area contributed by atoms with E-state index < -0.39 is 0 Å². The molecule has 0 aliphatic heterocycles. The van der Waals surface area contributed by atoms with E-state index in [-0.39, 0.29) is 5.97 Å². The number of ether oxygens (including phenoxy) is 1.